The van der Waals surface area contributed by atoms with Gasteiger partial charge in [-0.05, 0) is 31.7 Å². The lowest BCUT2D eigenvalue weighted by molar-refractivity contribution is 0.1000. The molecule has 1 saturated carbocycles. The highest BCUT2D eigenvalue weighted by Crippen LogP contribution is 2.37. The van der Waals surface area contributed by atoms with Crippen molar-refractivity contribution < 1.29 is 9.36 Å². The van der Waals surface area contributed by atoms with Crippen molar-refractivity contribution in [2.24, 2.45) is 11.7 Å². The molecule has 0 saturated heterocycles. The molecule has 1 amide bonds. The maximum absolute atomic E-state index is 12.4. The Morgan fingerprint density at radius 3 is 2.41 bits per heavy atom. The molecular formula is C22H29N2O2P. The molecular weight excluding hydrogens is 355 g/mol. The van der Waals surface area contributed by atoms with Crippen LogP contribution in [0.15, 0.2) is 24.3 Å². The molecule has 144 valence electrons. The number of benzene rings is 1. The van der Waals surface area contributed by atoms with E-state index in [2.05, 4.69) is 35.8 Å². The first-order valence-electron chi connectivity index (χ1n) is 9.90. The number of aryl methyl sites for hydroxylation is 1. The molecule has 0 radical (unpaired) electrons. The van der Waals surface area contributed by atoms with E-state index in [0.717, 1.165) is 23.2 Å². The van der Waals surface area contributed by atoms with Crippen LogP contribution in [-0.4, -0.2) is 16.6 Å². The third kappa shape index (κ3) is 4.32. The summed E-state index contributed by atoms with van der Waals surface area (Å²) in [7, 11) is 0.128. The van der Waals surface area contributed by atoms with Crippen molar-refractivity contribution in [2.45, 2.75) is 58.9 Å². The number of primary amides is 1. The minimum atomic E-state index is -0.383. The van der Waals surface area contributed by atoms with Gasteiger partial charge in [0, 0.05) is 29.7 Å². The van der Waals surface area contributed by atoms with Gasteiger partial charge in [-0.1, -0.05) is 61.9 Å². The van der Waals surface area contributed by atoms with Gasteiger partial charge in [-0.25, -0.2) is 0 Å². The summed E-state index contributed by atoms with van der Waals surface area (Å²) in [6.07, 6.45) is 7.86. The summed E-state index contributed by atoms with van der Waals surface area (Å²) in [5.41, 5.74) is 11.7. The molecule has 1 heterocycles. The molecule has 3 rings (SSSR count). The summed E-state index contributed by atoms with van der Waals surface area (Å²) >= 11 is 0. The van der Waals surface area contributed by atoms with Crippen LogP contribution in [-0.2, 0) is 17.5 Å². The summed E-state index contributed by atoms with van der Waals surface area (Å²) in [5, 5.41) is 0. The Hall–Kier alpha value is -1.93. The van der Waals surface area contributed by atoms with Gasteiger partial charge in [-0.2, -0.15) is 0 Å². The van der Waals surface area contributed by atoms with Crippen LogP contribution in [0.1, 0.15) is 59.4 Å². The Balaban J connectivity index is 2.15. The van der Waals surface area contributed by atoms with Crippen LogP contribution in [0.4, 0.5) is 0 Å². The van der Waals surface area contributed by atoms with Gasteiger partial charge in [0.15, 0.2) is 8.46 Å². The number of hydrogen-bond acceptors (Lipinski definition) is 2. The van der Waals surface area contributed by atoms with E-state index in [0.29, 0.717) is 24.2 Å². The number of aromatic nitrogens is 1. The van der Waals surface area contributed by atoms with E-state index in [9.17, 15) is 9.36 Å². The predicted octanol–water partition coefficient (Wildman–Crippen LogP) is 5.29. The van der Waals surface area contributed by atoms with Gasteiger partial charge in [-0.3, -0.25) is 9.36 Å². The zero-order valence-electron chi connectivity index (χ0n) is 16.3. The minimum Gasteiger partial charge on any atom is -0.366 e. The van der Waals surface area contributed by atoms with Crippen molar-refractivity contribution in [2.75, 3.05) is 6.16 Å². The fraction of sp³-hybridized carbons (Fsp3) is 0.500. The highest BCUT2D eigenvalue weighted by Gasteiger charge is 2.27. The molecule has 1 aliphatic rings. The highest BCUT2D eigenvalue weighted by atomic mass is 31.1. The van der Waals surface area contributed by atoms with Crippen molar-refractivity contribution >= 4 is 14.4 Å². The number of hydrogen-bond donors (Lipinski definition) is 1. The van der Waals surface area contributed by atoms with Gasteiger partial charge in [0.05, 0.1) is 5.56 Å². The molecule has 2 N–H and O–H groups in total. The largest absolute Gasteiger partial charge is 0.366 e. The van der Waals surface area contributed by atoms with Crippen LogP contribution in [0.25, 0.3) is 11.1 Å². The second-order valence-electron chi connectivity index (χ2n) is 7.72. The van der Waals surface area contributed by atoms with Crippen LogP contribution in [0.5, 0.6) is 0 Å². The normalized spacial score (nSPS) is 15.3. The Bertz CT molecular complexity index is 818. The maximum atomic E-state index is 12.4. The first kappa shape index (κ1) is 19.8. The lowest BCUT2D eigenvalue weighted by atomic mass is 9.84. The van der Waals surface area contributed by atoms with Crippen molar-refractivity contribution in [3.05, 3.63) is 46.8 Å². The van der Waals surface area contributed by atoms with Crippen LogP contribution in [0.2, 0.25) is 0 Å². The fourth-order valence-corrected chi connectivity index (χ4v) is 4.73. The number of nitrogens with zero attached hydrogens (tertiary/aromatic N) is 1. The molecule has 1 aromatic heterocycles. The van der Waals surface area contributed by atoms with Crippen molar-refractivity contribution in [1.29, 1.82) is 0 Å². The smallest absolute Gasteiger partial charge is 0.251 e. The molecule has 0 atom stereocenters. The molecule has 1 fully saturated rings. The molecule has 0 bridgehead atoms. The predicted molar refractivity (Wildman–Crippen MR) is 111 cm³/mol. The van der Waals surface area contributed by atoms with E-state index < -0.39 is 0 Å². The average Bonchev–Trinajstić information content (AvgIpc) is 2.93. The number of nitrogens with two attached hydrogens (primary N) is 1. The molecule has 2 aromatic rings. The van der Waals surface area contributed by atoms with Gasteiger partial charge in [0.1, 0.15) is 0 Å². The van der Waals surface area contributed by atoms with Crippen LogP contribution in [0.3, 0.4) is 0 Å². The number of carbonyl (C=O) groups excluding carboxylic acids is 1. The second kappa shape index (κ2) is 8.84. The van der Waals surface area contributed by atoms with E-state index in [4.69, 9.17) is 5.73 Å². The number of carbonyl (C=O) groups is 1. The Morgan fingerprint density at radius 1 is 1.15 bits per heavy atom. The molecule has 1 aromatic carbocycles. The SMILES string of the molecule is Cc1ccc(-c2c(C(N)=O)c(C)n(CCP=O)c2CC2CCCCC2)cc1. The first-order valence-corrected chi connectivity index (χ1v) is 10.9. The minimum absolute atomic E-state index is 0.128. The highest BCUT2D eigenvalue weighted by molar-refractivity contribution is 7.23. The monoisotopic (exact) mass is 384 g/mol. The standard InChI is InChI=1S/C22H29N2O2P/c1-15-8-10-18(11-9-15)21-19(14-17-6-4-3-5-7-17)24(12-13-27-26)16(2)20(21)22(23)25/h8-11,17H,3-7,12-14H2,1-2H3,(H2,23,25). The molecule has 1 aliphatic carbocycles. The average molecular weight is 384 g/mol. The lowest BCUT2D eigenvalue weighted by Gasteiger charge is -2.23. The number of rotatable bonds is 7. The molecule has 4 nitrogen and oxygen atoms in total. The summed E-state index contributed by atoms with van der Waals surface area (Å²) in [4.78, 5) is 12.4. The lowest BCUT2D eigenvalue weighted by Crippen LogP contribution is -2.14. The summed E-state index contributed by atoms with van der Waals surface area (Å²) in [6.45, 7) is 4.67. The van der Waals surface area contributed by atoms with E-state index in [-0.39, 0.29) is 14.4 Å². The van der Waals surface area contributed by atoms with E-state index in [1.54, 1.807) is 0 Å². The Morgan fingerprint density at radius 2 is 1.81 bits per heavy atom. The quantitative estimate of drug-likeness (QED) is 0.660. The first-order chi connectivity index (χ1) is 13.0. The third-order valence-corrected chi connectivity index (χ3v) is 6.22. The molecule has 0 unspecified atom stereocenters. The van der Waals surface area contributed by atoms with E-state index in [1.165, 1.54) is 43.4 Å². The summed E-state index contributed by atoms with van der Waals surface area (Å²) in [6, 6.07) is 8.31. The number of amides is 1. The summed E-state index contributed by atoms with van der Waals surface area (Å²) < 4.78 is 13.3. The molecule has 5 heteroatoms. The van der Waals surface area contributed by atoms with Gasteiger partial charge in [0.25, 0.3) is 5.91 Å². The second-order valence-corrected chi connectivity index (χ2v) is 8.43. The van der Waals surface area contributed by atoms with Crippen LogP contribution >= 0.6 is 8.46 Å². The van der Waals surface area contributed by atoms with Crippen LogP contribution in [0, 0.1) is 19.8 Å². The topological polar surface area (TPSA) is 65.1 Å². The van der Waals surface area contributed by atoms with Crippen molar-refractivity contribution in [3.8, 4) is 11.1 Å². The fourth-order valence-electron chi connectivity index (χ4n) is 4.45. The van der Waals surface area contributed by atoms with Crippen molar-refractivity contribution in [3.63, 3.8) is 0 Å². The molecule has 27 heavy (non-hydrogen) atoms. The van der Waals surface area contributed by atoms with E-state index >= 15 is 0 Å². The van der Waals surface area contributed by atoms with Gasteiger partial charge in [-0.15, -0.1) is 0 Å². The zero-order chi connectivity index (χ0) is 19.4. The van der Waals surface area contributed by atoms with Gasteiger partial charge in [0.2, 0.25) is 0 Å². The zero-order valence-corrected chi connectivity index (χ0v) is 17.2. The van der Waals surface area contributed by atoms with Crippen LogP contribution < -0.4 is 5.73 Å². The van der Waals surface area contributed by atoms with E-state index in [1.807, 2.05) is 6.92 Å². The molecule has 0 aliphatic heterocycles. The Labute approximate surface area is 163 Å². The van der Waals surface area contributed by atoms with Gasteiger partial charge < -0.3 is 10.3 Å². The van der Waals surface area contributed by atoms with Crippen molar-refractivity contribution in [1.82, 2.24) is 4.57 Å². The maximum Gasteiger partial charge on any atom is 0.251 e. The third-order valence-electron chi connectivity index (χ3n) is 5.84. The van der Waals surface area contributed by atoms with Gasteiger partial charge >= 0.3 is 0 Å². The molecule has 0 spiro atoms. The summed E-state index contributed by atoms with van der Waals surface area (Å²) in [5.74, 6) is 0.257. The Kier molecular flexibility index (Phi) is 6.49.